The Hall–Kier alpha value is -3.35. The van der Waals surface area contributed by atoms with Gasteiger partial charge in [0.25, 0.3) is 5.91 Å². The number of hydrogen-bond acceptors (Lipinski definition) is 3. The molecular weight excluding hydrogens is 390 g/mol. The molecule has 3 heterocycles. The van der Waals surface area contributed by atoms with Crippen molar-refractivity contribution in [2.24, 2.45) is 5.92 Å². The molecule has 7 heteroatoms. The lowest BCUT2D eigenvalue weighted by molar-refractivity contribution is -0.119. The molecule has 2 unspecified atom stereocenters. The lowest BCUT2D eigenvalue weighted by Crippen LogP contribution is -2.26. The third-order valence-corrected chi connectivity index (χ3v) is 5.94. The largest absolute Gasteiger partial charge is 0.345 e. The first-order valence-corrected chi connectivity index (χ1v) is 10.9. The van der Waals surface area contributed by atoms with Crippen LogP contribution < -0.4 is 10.6 Å². The summed E-state index contributed by atoms with van der Waals surface area (Å²) in [4.78, 5) is 25.3. The highest BCUT2D eigenvalue weighted by Crippen LogP contribution is 2.33. The van der Waals surface area contributed by atoms with Crippen molar-refractivity contribution in [2.75, 3.05) is 5.32 Å². The number of aromatic amines is 1. The highest BCUT2D eigenvalue weighted by molar-refractivity contribution is 5.96. The van der Waals surface area contributed by atoms with Crippen LogP contribution in [0.1, 0.15) is 61.1 Å². The van der Waals surface area contributed by atoms with E-state index in [4.69, 9.17) is 0 Å². The van der Waals surface area contributed by atoms with Crippen LogP contribution in [0.3, 0.4) is 0 Å². The fourth-order valence-electron chi connectivity index (χ4n) is 4.09. The molecule has 3 N–H and O–H groups in total. The Labute approximate surface area is 182 Å². The van der Waals surface area contributed by atoms with Gasteiger partial charge in [0, 0.05) is 24.2 Å². The summed E-state index contributed by atoms with van der Waals surface area (Å²) in [5, 5.41) is 13.4. The van der Waals surface area contributed by atoms with Crippen molar-refractivity contribution in [1.29, 1.82) is 0 Å². The van der Waals surface area contributed by atoms with Crippen LogP contribution in [-0.4, -0.2) is 26.6 Å². The Balaban J connectivity index is 1.51. The summed E-state index contributed by atoms with van der Waals surface area (Å²) in [6, 6.07) is 11.7. The van der Waals surface area contributed by atoms with Gasteiger partial charge in [0.2, 0.25) is 5.91 Å². The first-order chi connectivity index (χ1) is 15.0. The van der Waals surface area contributed by atoms with Gasteiger partial charge in [-0.3, -0.25) is 14.7 Å². The third-order valence-electron chi connectivity index (χ3n) is 5.94. The zero-order valence-electron chi connectivity index (χ0n) is 18.2. The fourth-order valence-corrected chi connectivity index (χ4v) is 4.09. The van der Waals surface area contributed by atoms with Crippen LogP contribution in [0.2, 0.25) is 0 Å². The minimum Gasteiger partial charge on any atom is -0.345 e. The first-order valence-electron chi connectivity index (χ1n) is 10.9. The lowest BCUT2D eigenvalue weighted by Gasteiger charge is -2.16. The van der Waals surface area contributed by atoms with Crippen LogP contribution in [0, 0.1) is 5.92 Å². The van der Waals surface area contributed by atoms with Crippen LogP contribution in [-0.2, 0) is 17.8 Å². The topological polar surface area (TPSA) is 91.8 Å². The average Bonchev–Trinajstić information content (AvgIpc) is 3.38. The number of rotatable bonds is 7. The van der Waals surface area contributed by atoms with E-state index in [0.717, 1.165) is 48.3 Å². The SMILES string of the molecule is CCCC(C)C(=O)Nc1n[nH]c2c1CCn1cc(C(=O)NC(C)c3ccccc3)cc1-2. The van der Waals surface area contributed by atoms with E-state index in [0.29, 0.717) is 11.4 Å². The van der Waals surface area contributed by atoms with Gasteiger partial charge in [-0.05, 0) is 31.4 Å². The number of carbonyl (C=O) groups excluding carboxylic acids is 2. The first kappa shape index (κ1) is 20.9. The molecule has 4 rings (SSSR count). The summed E-state index contributed by atoms with van der Waals surface area (Å²) in [5.41, 5.74) is 4.44. The summed E-state index contributed by atoms with van der Waals surface area (Å²) >= 11 is 0. The number of H-pyrrole nitrogens is 1. The number of aryl methyl sites for hydroxylation is 1. The number of hydrogen-bond donors (Lipinski definition) is 3. The molecule has 162 valence electrons. The predicted octanol–water partition coefficient (Wildman–Crippen LogP) is 4.30. The van der Waals surface area contributed by atoms with Crippen LogP contribution in [0.5, 0.6) is 0 Å². The molecule has 7 nitrogen and oxygen atoms in total. The number of aromatic nitrogens is 3. The van der Waals surface area contributed by atoms with Gasteiger partial charge in [-0.1, -0.05) is 50.6 Å². The van der Waals surface area contributed by atoms with Crippen molar-refractivity contribution in [3.63, 3.8) is 0 Å². The maximum Gasteiger partial charge on any atom is 0.253 e. The molecule has 0 fully saturated rings. The molecule has 2 amide bonds. The van der Waals surface area contributed by atoms with Gasteiger partial charge in [-0.15, -0.1) is 0 Å². The van der Waals surface area contributed by atoms with E-state index in [2.05, 4.69) is 32.3 Å². The monoisotopic (exact) mass is 419 g/mol. The molecule has 1 aliphatic rings. The maximum absolute atomic E-state index is 12.8. The van der Waals surface area contributed by atoms with Crippen molar-refractivity contribution in [1.82, 2.24) is 20.1 Å². The summed E-state index contributed by atoms with van der Waals surface area (Å²) in [6.45, 7) is 6.72. The zero-order valence-corrected chi connectivity index (χ0v) is 18.2. The van der Waals surface area contributed by atoms with Crippen molar-refractivity contribution in [3.05, 3.63) is 59.3 Å². The Kier molecular flexibility index (Phi) is 5.93. The smallest absolute Gasteiger partial charge is 0.253 e. The van der Waals surface area contributed by atoms with Crippen molar-refractivity contribution in [2.45, 2.75) is 52.6 Å². The van der Waals surface area contributed by atoms with Crippen LogP contribution in [0.25, 0.3) is 11.4 Å². The standard InChI is InChI=1S/C24H29N5O2/c1-4-8-15(2)23(30)26-22-19-11-12-29-14-18(13-20(29)21(19)27-28-22)24(31)25-16(3)17-9-6-5-7-10-17/h5-7,9-10,13-16H,4,8,11-12H2,1-3H3,(H,25,31)(H2,26,27,28,30). The Morgan fingerprint density at radius 1 is 1.23 bits per heavy atom. The molecule has 0 radical (unpaired) electrons. The number of carbonyl (C=O) groups is 2. The molecule has 0 saturated carbocycles. The third kappa shape index (κ3) is 4.26. The summed E-state index contributed by atoms with van der Waals surface area (Å²) < 4.78 is 2.06. The molecule has 0 spiro atoms. The summed E-state index contributed by atoms with van der Waals surface area (Å²) in [6.07, 6.45) is 4.44. The second-order valence-corrected chi connectivity index (χ2v) is 8.27. The van der Waals surface area contributed by atoms with Crippen LogP contribution >= 0.6 is 0 Å². The van der Waals surface area contributed by atoms with Crippen molar-refractivity contribution >= 4 is 17.6 Å². The van der Waals surface area contributed by atoms with Gasteiger partial charge in [0.05, 0.1) is 23.0 Å². The Morgan fingerprint density at radius 3 is 2.74 bits per heavy atom. The van der Waals surface area contributed by atoms with E-state index in [1.165, 1.54) is 0 Å². The molecule has 31 heavy (non-hydrogen) atoms. The summed E-state index contributed by atoms with van der Waals surface area (Å²) in [5.74, 6) is 0.430. The maximum atomic E-state index is 12.8. The van der Waals surface area contributed by atoms with Crippen LogP contribution in [0.4, 0.5) is 5.82 Å². The number of nitrogens with one attached hydrogen (secondary N) is 3. The lowest BCUT2D eigenvalue weighted by atomic mass is 10.0. The molecule has 0 bridgehead atoms. The normalized spacial score (nSPS) is 14.3. The van der Waals surface area contributed by atoms with Crippen molar-refractivity contribution < 1.29 is 9.59 Å². The van der Waals surface area contributed by atoms with Crippen molar-refractivity contribution in [3.8, 4) is 11.4 Å². The molecule has 0 saturated heterocycles. The average molecular weight is 420 g/mol. The van der Waals surface area contributed by atoms with E-state index in [9.17, 15) is 9.59 Å². The van der Waals surface area contributed by atoms with Gasteiger partial charge in [-0.25, -0.2) is 0 Å². The Morgan fingerprint density at radius 2 is 2.00 bits per heavy atom. The molecule has 1 aromatic carbocycles. The zero-order chi connectivity index (χ0) is 22.0. The van der Waals surface area contributed by atoms with Gasteiger partial charge >= 0.3 is 0 Å². The van der Waals surface area contributed by atoms with E-state index in [-0.39, 0.29) is 23.8 Å². The molecule has 2 atom stereocenters. The highest BCUT2D eigenvalue weighted by Gasteiger charge is 2.26. The number of anilines is 1. The van der Waals surface area contributed by atoms with E-state index in [1.54, 1.807) is 0 Å². The minimum absolute atomic E-state index is 0.00734. The fraction of sp³-hybridized carbons (Fsp3) is 0.375. The van der Waals surface area contributed by atoms with Gasteiger partial charge in [0.1, 0.15) is 0 Å². The van der Waals surface area contributed by atoms with E-state index >= 15 is 0 Å². The second kappa shape index (κ2) is 8.79. The quantitative estimate of drug-likeness (QED) is 0.533. The molecule has 0 aliphatic carbocycles. The summed E-state index contributed by atoms with van der Waals surface area (Å²) in [7, 11) is 0. The second-order valence-electron chi connectivity index (χ2n) is 8.27. The van der Waals surface area contributed by atoms with E-state index < -0.39 is 0 Å². The van der Waals surface area contributed by atoms with Gasteiger partial charge in [-0.2, -0.15) is 5.10 Å². The van der Waals surface area contributed by atoms with E-state index in [1.807, 2.05) is 56.4 Å². The molecule has 3 aromatic rings. The molecule has 1 aliphatic heterocycles. The van der Waals surface area contributed by atoms with Gasteiger partial charge in [0.15, 0.2) is 5.82 Å². The molecule has 2 aromatic heterocycles. The number of fused-ring (bicyclic) bond motifs is 3. The van der Waals surface area contributed by atoms with Gasteiger partial charge < -0.3 is 15.2 Å². The predicted molar refractivity (Wildman–Crippen MR) is 121 cm³/mol. The number of benzene rings is 1. The van der Waals surface area contributed by atoms with Crippen LogP contribution in [0.15, 0.2) is 42.6 Å². The minimum atomic E-state index is -0.110. The number of nitrogens with zero attached hydrogens (tertiary/aromatic N) is 2. The Bertz CT molecular complexity index is 1080. The number of amides is 2. The highest BCUT2D eigenvalue weighted by atomic mass is 16.2. The molecular formula is C24H29N5O2.